The van der Waals surface area contributed by atoms with Gasteiger partial charge in [-0.15, -0.1) is 0 Å². The minimum absolute atomic E-state index is 0.129. The lowest BCUT2D eigenvalue weighted by Crippen LogP contribution is -2.38. The van der Waals surface area contributed by atoms with E-state index in [0.717, 1.165) is 18.0 Å². The van der Waals surface area contributed by atoms with Crippen molar-refractivity contribution in [1.82, 2.24) is 5.32 Å². The molecule has 16 heavy (non-hydrogen) atoms. The van der Waals surface area contributed by atoms with Gasteiger partial charge in [-0.25, -0.2) is 0 Å². The van der Waals surface area contributed by atoms with Crippen LogP contribution in [0.25, 0.3) is 0 Å². The van der Waals surface area contributed by atoms with Crippen LogP contribution in [0.3, 0.4) is 0 Å². The monoisotopic (exact) mass is 223 g/mol. The molecule has 0 saturated carbocycles. The standard InChI is InChI=1S/C13H21NO2/c1-13(2,3)14-9-10-16-12-8-6-5-7-11(12)15-4/h5-8,14H,9-10H2,1-4H3. The van der Waals surface area contributed by atoms with Crippen LogP contribution in [0.1, 0.15) is 20.8 Å². The van der Waals surface area contributed by atoms with Crippen LogP contribution in [0.2, 0.25) is 0 Å². The molecule has 0 aliphatic carbocycles. The van der Waals surface area contributed by atoms with Crippen LogP contribution in [-0.4, -0.2) is 25.8 Å². The van der Waals surface area contributed by atoms with E-state index in [-0.39, 0.29) is 5.54 Å². The lowest BCUT2D eigenvalue weighted by Gasteiger charge is -2.20. The predicted molar refractivity (Wildman–Crippen MR) is 66.2 cm³/mol. The summed E-state index contributed by atoms with van der Waals surface area (Å²) in [4.78, 5) is 0. The molecule has 1 aromatic rings. The Morgan fingerprint density at radius 1 is 1.12 bits per heavy atom. The number of nitrogens with one attached hydrogen (secondary N) is 1. The third-order valence-corrected chi connectivity index (χ3v) is 2.08. The largest absolute Gasteiger partial charge is 0.493 e. The molecular formula is C13H21NO2. The molecule has 0 spiro atoms. The molecule has 1 N–H and O–H groups in total. The first-order valence-corrected chi connectivity index (χ1v) is 5.54. The van der Waals surface area contributed by atoms with Gasteiger partial charge in [0.25, 0.3) is 0 Å². The maximum atomic E-state index is 5.64. The summed E-state index contributed by atoms with van der Waals surface area (Å²) < 4.78 is 10.8. The van der Waals surface area contributed by atoms with Gasteiger partial charge < -0.3 is 14.8 Å². The van der Waals surface area contributed by atoms with Crippen molar-refractivity contribution >= 4 is 0 Å². The second-order valence-corrected chi connectivity index (χ2v) is 4.68. The van der Waals surface area contributed by atoms with Crippen LogP contribution in [0.5, 0.6) is 11.5 Å². The van der Waals surface area contributed by atoms with Crippen molar-refractivity contribution in [3.05, 3.63) is 24.3 Å². The topological polar surface area (TPSA) is 30.5 Å². The summed E-state index contributed by atoms with van der Waals surface area (Å²) in [5.41, 5.74) is 0.129. The maximum absolute atomic E-state index is 5.64. The van der Waals surface area contributed by atoms with Gasteiger partial charge in [-0.3, -0.25) is 0 Å². The Kier molecular flexibility index (Phi) is 4.62. The zero-order valence-corrected chi connectivity index (χ0v) is 10.5. The number of ether oxygens (including phenoxy) is 2. The van der Waals surface area contributed by atoms with E-state index in [1.54, 1.807) is 7.11 Å². The first-order chi connectivity index (χ1) is 7.53. The molecule has 0 bridgehead atoms. The lowest BCUT2D eigenvalue weighted by atomic mass is 10.1. The summed E-state index contributed by atoms with van der Waals surface area (Å²) in [5, 5.41) is 3.36. The second-order valence-electron chi connectivity index (χ2n) is 4.68. The van der Waals surface area contributed by atoms with Crippen molar-refractivity contribution in [2.75, 3.05) is 20.3 Å². The molecule has 90 valence electrons. The van der Waals surface area contributed by atoms with Gasteiger partial charge in [-0.2, -0.15) is 0 Å². The highest BCUT2D eigenvalue weighted by atomic mass is 16.5. The van der Waals surface area contributed by atoms with Crippen molar-refractivity contribution < 1.29 is 9.47 Å². The molecule has 0 radical (unpaired) electrons. The number of hydrogen-bond donors (Lipinski definition) is 1. The summed E-state index contributed by atoms with van der Waals surface area (Å²) in [5.74, 6) is 1.57. The average Bonchev–Trinajstić information content (AvgIpc) is 2.23. The smallest absolute Gasteiger partial charge is 0.161 e. The third kappa shape index (κ3) is 4.53. The minimum atomic E-state index is 0.129. The Morgan fingerprint density at radius 3 is 2.31 bits per heavy atom. The molecule has 3 nitrogen and oxygen atoms in total. The fourth-order valence-electron chi connectivity index (χ4n) is 1.33. The van der Waals surface area contributed by atoms with E-state index in [0.29, 0.717) is 6.61 Å². The first kappa shape index (κ1) is 12.8. The third-order valence-electron chi connectivity index (χ3n) is 2.08. The van der Waals surface area contributed by atoms with Crippen molar-refractivity contribution in [3.8, 4) is 11.5 Å². The number of rotatable bonds is 5. The fourth-order valence-corrected chi connectivity index (χ4v) is 1.33. The molecule has 0 aliphatic rings. The van der Waals surface area contributed by atoms with E-state index in [1.807, 2.05) is 24.3 Å². The Balaban J connectivity index is 2.37. The Hall–Kier alpha value is -1.22. The van der Waals surface area contributed by atoms with E-state index in [4.69, 9.17) is 9.47 Å². The van der Waals surface area contributed by atoms with Crippen molar-refractivity contribution in [2.24, 2.45) is 0 Å². The summed E-state index contributed by atoms with van der Waals surface area (Å²) in [6.45, 7) is 7.86. The molecule has 0 unspecified atom stereocenters. The Bertz CT molecular complexity index is 318. The molecule has 0 atom stereocenters. The molecule has 3 heteroatoms. The molecule has 0 saturated heterocycles. The van der Waals surface area contributed by atoms with E-state index < -0.39 is 0 Å². The Morgan fingerprint density at radius 2 is 1.75 bits per heavy atom. The van der Waals surface area contributed by atoms with Crippen LogP contribution in [0, 0.1) is 0 Å². The van der Waals surface area contributed by atoms with E-state index in [1.165, 1.54) is 0 Å². The van der Waals surface area contributed by atoms with Gasteiger partial charge in [0.2, 0.25) is 0 Å². The lowest BCUT2D eigenvalue weighted by molar-refractivity contribution is 0.276. The van der Waals surface area contributed by atoms with E-state index in [9.17, 15) is 0 Å². The number of methoxy groups -OCH3 is 1. The fraction of sp³-hybridized carbons (Fsp3) is 0.538. The van der Waals surface area contributed by atoms with Crippen molar-refractivity contribution in [3.63, 3.8) is 0 Å². The summed E-state index contributed by atoms with van der Waals surface area (Å²) in [6.07, 6.45) is 0. The van der Waals surface area contributed by atoms with Gasteiger partial charge in [-0.1, -0.05) is 12.1 Å². The van der Waals surface area contributed by atoms with Gasteiger partial charge in [0.05, 0.1) is 7.11 Å². The van der Waals surface area contributed by atoms with Gasteiger partial charge in [0.15, 0.2) is 11.5 Å². The summed E-state index contributed by atoms with van der Waals surface area (Å²) >= 11 is 0. The van der Waals surface area contributed by atoms with Crippen molar-refractivity contribution in [2.45, 2.75) is 26.3 Å². The maximum Gasteiger partial charge on any atom is 0.161 e. The van der Waals surface area contributed by atoms with Crippen LogP contribution in [0.15, 0.2) is 24.3 Å². The molecule has 0 aromatic heterocycles. The van der Waals surface area contributed by atoms with E-state index >= 15 is 0 Å². The number of benzene rings is 1. The zero-order chi connectivity index (χ0) is 12.0. The van der Waals surface area contributed by atoms with Crippen LogP contribution >= 0.6 is 0 Å². The van der Waals surface area contributed by atoms with Crippen LogP contribution in [0.4, 0.5) is 0 Å². The molecule has 1 rings (SSSR count). The second kappa shape index (κ2) is 5.75. The molecule has 0 fully saturated rings. The molecule has 1 aromatic carbocycles. The number of para-hydroxylation sites is 2. The molecule has 0 heterocycles. The summed E-state index contributed by atoms with van der Waals surface area (Å²) in [6, 6.07) is 7.68. The van der Waals surface area contributed by atoms with Gasteiger partial charge >= 0.3 is 0 Å². The zero-order valence-electron chi connectivity index (χ0n) is 10.5. The molecule has 0 aliphatic heterocycles. The SMILES string of the molecule is COc1ccccc1OCCNC(C)(C)C. The number of hydrogen-bond acceptors (Lipinski definition) is 3. The first-order valence-electron chi connectivity index (χ1n) is 5.54. The predicted octanol–water partition coefficient (Wildman–Crippen LogP) is 2.46. The minimum Gasteiger partial charge on any atom is -0.493 e. The van der Waals surface area contributed by atoms with E-state index in [2.05, 4.69) is 26.1 Å². The van der Waals surface area contributed by atoms with Crippen LogP contribution in [-0.2, 0) is 0 Å². The summed E-state index contributed by atoms with van der Waals surface area (Å²) in [7, 11) is 1.65. The molecular weight excluding hydrogens is 202 g/mol. The molecule has 0 amide bonds. The van der Waals surface area contributed by atoms with Gasteiger partial charge in [-0.05, 0) is 32.9 Å². The average molecular weight is 223 g/mol. The van der Waals surface area contributed by atoms with Crippen molar-refractivity contribution in [1.29, 1.82) is 0 Å². The highest BCUT2D eigenvalue weighted by Gasteiger charge is 2.08. The van der Waals surface area contributed by atoms with Gasteiger partial charge in [0.1, 0.15) is 6.61 Å². The highest BCUT2D eigenvalue weighted by Crippen LogP contribution is 2.25. The quantitative estimate of drug-likeness (QED) is 0.778. The normalized spacial score (nSPS) is 11.2. The van der Waals surface area contributed by atoms with Crippen LogP contribution < -0.4 is 14.8 Å². The highest BCUT2D eigenvalue weighted by molar-refractivity contribution is 5.39. The Labute approximate surface area is 97.8 Å². The van der Waals surface area contributed by atoms with Gasteiger partial charge in [0, 0.05) is 12.1 Å².